The molecule has 0 unspecified atom stereocenters. The third-order valence-electron chi connectivity index (χ3n) is 4.09. The van der Waals surface area contributed by atoms with Crippen molar-refractivity contribution in [2.24, 2.45) is 0 Å². The van der Waals surface area contributed by atoms with Gasteiger partial charge in [-0.2, -0.15) is 5.26 Å². The number of pyridine rings is 1. The van der Waals surface area contributed by atoms with Gasteiger partial charge in [0.25, 0.3) is 17.2 Å². The highest BCUT2D eigenvalue weighted by Crippen LogP contribution is 2.22. The molecule has 3 rings (SSSR count). The summed E-state index contributed by atoms with van der Waals surface area (Å²) in [6, 6.07) is 15.0. The molecule has 0 radical (unpaired) electrons. The van der Waals surface area contributed by atoms with Crippen molar-refractivity contribution < 1.29 is 9.72 Å². The molecule has 9 heteroatoms. The first-order valence-corrected chi connectivity index (χ1v) is 8.70. The number of aromatic nitrogens is 1. The number of nitrogens with one attached hydrogen (secondary N) is 1. The number of non-ortho nitro benzene ring substituents is 1. The summed E-state index contributed by atoms with van der Waals surface area (Å²) in [6.45, 7) is 0.248. The van der Waals surface area contributed by atoms with Crippen LogP contribution in [-0.4, -0.2) is 15.4 Å². The van der Waals surface area contributed by atoms with Crippen molar-refractivity contribution in [3.8, 4) is 6.07 Å². The predicted octanol–water partition coefficient (Wildman–Crippen LogP) is 3.58. The van der Waals surface area contributed by atoms with Crippen LogP contribution in [-0.2, 0) is 6.54 Å². The van der Waals surface area contributed by atoms with E-state index in [0.717, 1.165) is 11.6 Å². The van der Waals surface area contributed by atoms with Gasteiger partial charge in [-0.25, -0.2) is 0 Å². The molecule has 0 bridgehead atoms. The number of carbonyl (C=O) groups excluding carboxylic acids is 1. The third-order valence-corrected chi connectivity index (χ3v) is 4.35. The van der Waals surface area contributed by atoms with Gasteiger partial charge in [0.15, 0.2) is 0 Å². The second-order valence-corrected chi connectivity index (χ2v) is 6.50. The predicted molar refractivity (Wildman–Crippen MR) is 107 cm³/mol. The van der Waals surface area contributed by atoms with Crippen molar-refractivity contribution in [2.75, 3.05) is 5.32 Å². The van der Waals surface area contributed by atoms with Gasteiger partial charge >= 0.3 is 0 Å². The molecule has 2 aromatic carbocycles. The first-order valence-electron chi connectivity index (χ1n) is 8.32. The summed E-state index contributed by atoms with van der Waals surface area (Å²) in [6.07, 6.45) is 1.41. The number of nitrogens with zero attached hydrogens (tertiary/aromatic N) is 3. The number of carbonyl (C=O) groups is 1. The van der Waals surface area contributed by atoms with Gasteiger partial charge in [-0.15, -0.1) is 0 Å². The minimum Gasteiger partial charge on any atom is -0.321 e. The standard InChI is InChI=1S/C20H13ClN4O4/c21-16-4-1-13(2-5-16)11-24-12-14(3-8-19(24)26)20(27)23-18-7-6-17(25(28)29)9-15(18)10-22/h1-9,12H,11H2,(H,23,27). The Kier molecular flexibility index (Phi) is 5.71. The number of hydrogen-bond donors (Lipinski definition) is 1. The van der Waals surface area contributed by atoms with Crippen molar-refractivity contribution in [3.05, 3.63) is 103 Å². The third kappa shape index (κ3) is 4.66. The van der Waals surface area contributed by atoms with Gasteiger partial charge in [-0.05, 0) is 29.8 Å². The Hall–Kier alpha value is -3.96. The molecule has 0 aliphatic rings. The zero-order valence-electron chi connectivity index (χ0n) is 14.8. The van der Waals surface area contributed by atoms with Crippen LogP contribution >= 0.6 is 11.6 Å². The molecule has 1 aromatic heterocycles. The van der Waals surface area contributed by atoms with Gasteiger partial charge < -0.3 is 9.88 Å². The average Bonchev–Trinajstić information content (AvgIpc) is 2.71. The molecule has 0 saturated carbocycles. The number of hydrogen-bond acceptors (Lipinski definition) is 5. The molecule has 1 heterocycles. The summed E-state index contributed by atoms with van der Waals surface area (Å²) < 4.78 is 1.37. The zero-order chi connectivity index (χ0) is 21.0. The highest BCUT2D eigenvalue weighted by molar-refractivity contribution is 6.30. The number of halogens is 1. The lowest BCUT2D eigenvalue weighted by molar-refractivity contribution is -0.384. The van der Waals surface area contributed by atoms with E-state index in [1.165, 1.54) is 35.0 Å². The van der Waals surface area contributed by atoms with Gasteiger partial charge in [-0.3, -0.25) is 19.7 Å². The van der Waals surface area contributed by atoms with E-state index in [1.54, 1.807) is 24.3 Å². The Balaban J connectivity index is 1.85. The number of rotatable bonds is 5. The lowest BCUT2D eigenvalue weighted by Gasteiger charge is -2.10. The molecular formula is C20H13ClN4O4. The number of benzene rings is 2. The molecule has 0 fully saturated rings. The van der Waals surface area contributed by atoms with E-state index >= 15 is 0 Å². The topological polar surface area (TPSA) is 118 Å². The first-order chi connectivity index (χ1) is 13.9. The Labute approximate surface area is 169 Å². The molecule has 29 heavy (non-hydrogen) atoms. The Morgan fingerprint density at radius 2 is 1.90 bits per heavy atom. The van der Waals surface area contributed by atoms with Crippen molar-refractivity contribution in [1.82, 2.24) is 4.57 Å². The fraction of sp³-hybridized carbons (Fsp3) is 0.0500. The molecule has 0 aliphatic heterocycles. The fourth-order valence-corrected chi connectivity index (χ4v) is 2.74. The quantitative estimate of drug-likeness (QED) is 0.511. The molecule has 0 aliphatic carbocycles. The number of amides is 1. The van der Waals surface area contributed by atoms with Gasteiger partial charge in [0.05, 0.1) is 28.3 Å². The highest BCUT2D eigenvalue weighted by Gasteiger charge is 2.14. The molecule has 0 atom stereocenters. The van der Waals surface area contributed by atoms with Gasteiger partial charge in [0, 0.05) is 29.4 Å². The van der Waals surface area contributed by atoms with Crippen LogP contribution in [0.15, 0.2) is 65.6 Å². The summed E-state index contributed by atoms with van der Waals surface area (Å²) >= 11 is 5.86. The maximum atomic E-state index is 12.6. The minimum atomic E-state index is -0.626. The average molecular weight is 409 g/mol. The van der Waals surface area contributed by atoms with E-state index in [0.29, 0.717) is 5.02 Å². The van der Waals surface area contributed by atoms with Crippen molar-refractivity contribution >= 4 is 28.9 Å². The van der Waals surface area contributed by atoms with Crippen molar-refractivity contribution in [2.45, 2.75) is 6.54 Å². The summed E-state index contributed by atoms with van der Waals surface area (Å²) in [5, 5.41) is 23.1. The van der Waals surface area contributed by atoms with E-state index in [2.05, 4.69) is 5.32 Å². The Bertz CT molecular complexity index is 1200. The number of nitro benzene ring substituents is 1. The molecule has 0 saturated heterocycles. The molecule has 3 aromatic rings. The molecule has 1 N–H and O–H groups in total. The largest absolute Gasteiger partial charge is 0.321 e. The fourth-order valence-electron chi connectivity index (χ4n) is 2.62. The second kappa shape index (κ2) is 8.37. The van der Waals surface area contributed by atoms with E-state index in [1.807, 2.05) is 6.07 Å². The Morgan fingerprint density at radius 3 is 2.55 bits per heavy atom. The highest BCUT2D eigenvalue weighted by atomic mass is 35.5. The first kappa shape index (κ1) is 19.8. The molecule has 0 spiro atoms. The van der Waals surface area contributed by atoms with Crippen LogP contribution < -0.4 is 10.9 Å². The van der Waals surface area contributed by atoms with Crippen LogP contribution in [0.1, 0.15) is 21.5 Å². The number of nitro groups is 1. The normalized spacial score (nSPS) is 10.2. The summed E-state index contributed by atoms with van der Waals surface area (Å²) in [5.74, 6) is -0.555. The lowest BCUT2D eigenvalue weighted by atomic mass is 10.1. The maximum absolute atomic E-state index is 12.6. The van der Waals surface area contributed by atoms with E-state index in [9.17, 15) is 25.0 Å². The van der Waals surface area contributed by atoms with Gasteiger partial charge in [0.2, 0.25) is 0 Å². The maximum Gasteiger partial charge on any atom is 0.270 e. The smallest absolute Gasteiger partial charge is 0.270 e. The van der Waals surface area contributed by atoms with Gasteiger partial charge in [0.1, 0.15) is 6.07 Å². The molecule has 8 nitrogen and oxygen atoms in total. The van der Waals surface area contributed by atoms with Crippen LogP contribution in [0.25, 0.3) is 0 Å². The summed E-state index contributed by atoms with van der Waals surface area (Å²) in [7, 11) is 0. The molecular weight excluding hydrogens is 396 g/mol. The van der Waals surface area contributed by atoms with Gasteiger partial charge in [-0.1, -0.05) is 23.7 Å². The van der Waals surface area contributed by atoms with Crippen molar-refractivity contribution in [3.63, 3.8) is 0 Å². The van der Waals surface area contributed by atoms with E-state index in [-0.39, 0.29) is 34.6 Å². The van der Waals surface area contributed by atoms with Crippen LogP contribution in [0.3, 0.4) is 0 Å². The number of nitriles is 1. The van der Waals surface area contributed by atoms with Crippen LogP contribution in [0.5, 0.6) is 0 Å². The second-order valence-electron chi connectivity index (χ2n) is 6.06. The van der Waals surface area contributed by atoms with Crippen LogP contribution in [0.4, 0.5) is 11.4 Å². The van der Waals surface area contributed by atoms with Crippen LogP contribution in [0.2, 0.25) is 5.02 Å². The molecule has 1 amide bonds. The minimum absolute atomic E-state index is 0.0398. The SMILES string of the molecule is N#Cc1cc([N+](=O)[O-])ccc1NC(=O)c1ccc(=O)n(Cc2ccc(Cl)cc2)c1. The van der Waals surface area contributed by atoms with Crippen LogP contribution in [0, 0.1) is 21.4 Å². The summed E-state index contributed by atoms with van der Waals surface area (Å²) in [4.78, 5) is 34.9. The Morgan fingerprint density at radius 1 is 1.17 bits per heavy atom. The zero-order valence-corrected chi connectivity index (χ0v) is 15.6. The van der Waals surface area contributed by atoms with Crippen molar-refractivity contribution in [1.29, 1.82) is 5.26 Å². The molecule has 144 valence electrons. The lowest BCUT2D eigenvalue weighted by Crippen LogP contribution is -2.22. The monoisotopic (exact) mass is 408 g/mol. The van der Waals surface area contributed by atoms with E-state index < -0.39 is 10.8 Å². The van der Waals surface area contributed by atoms with E-state index in [4.69, 9.17) is 11.6 Å². The number of anilines is 1. The summed E-state index contributed by atoms with van der Waals surface area (Å²) in [5.41, 5.74) is 0.582.